The van der Waals surface area contributed by atoms with Gasteiger partial charge in [-0.2, -0.15) is 0 Å². The third-order valence-electron chi connectivity index (χ3n) is 1.18. The van der Waals surface area contributed by atoms with Crippen LogP contribution in [0.1, 0.15) is 20.8 Å². The Balaban J connectivity index is 4.26. The van der Waals surface area contributed by atoms with Crippen LogP contribution in [0, 0.1) is 0 Å². The van der Waals surface area contributed by atoms with Gasteiger partial charge >= 0.3 is 12.1 Å². The summed E-state index contributed by atoms with van der Waals surface area (Å²) in [7, 11) is 0.586. The molecule has 15 heavy (non-hydrogen) atoms. The Morgan fingerprint density at radius 1 is 1.33 bits per heavy atom. The molecule has 0 spiro atoms. The van der Waals surface area contributed by atoms with Gasteiger partial charge in [0.05, 0.1) is 7.11 Å². The number of ether oxygens (including phenoxy) is 2. The van der Waals surface area contributed by atoms with Gasteiger partial charge in [-0.1, -0.05) is 0 Å². The molecule has 1 N–H and O–H groups in total. The molecule has 0 heterocycles. The van der Waals surface area contributed by atoms with Crippen molar-refractivity contribution in [3.63, 3.8) is 0 Å². The summed E-state index contributed by atoms with van der Waals surface area (Å²) in [6, 6.07) is 0. The van der Waals surface area contributed by atoms with Gasteiger partial charge in [0.15, 0.2) is 8.46 Å². The lowest BCUT2D eigenvalue weighted by atomic mass is 10.2. The van der Waals surface area contributed by atoms with Crippen molar-refractivity contribution in [2.45, 2.75) is 32.2 Å². The van der Waals surface area contributed by atoms with Gasteiger partial charge in [-0.25, -0.2) is 9.59 Å². The molecule has 0 bridgehead atoms. The van der Waals surface area contributed by atoms with Crippen LogP contribution >= 0.6 is 8.46 Å². The van der Waals surface area contributed by atoms with Crippen molar-refractivity contribution in [2.75, 3.05) is 7.11 Å². The van der Waals surface area contributed by atoms with Crippen molar-refractivity contribution in [3.05, 3.63) is 0 Å². The maximum absolute atomic E-state index is 11.2. The average molecular weight is 235 g/mol. The van der Waals surface area contributed by atoms with E-state index in [9.17, 15) is 14.2 Å². The van der Waals surface area contributed by atoms with E-state index in [1.807, 2.05) is 0 Å². The number of amides is 1. The first-order chi connectivity index (χ1) is 6.80. The highest BCUT2D eigenvalue weighted by Crippen LogP contribution is 2.09. The zero-order chi connectivity index (χ0) is 12.1. The van der Waals surface area contributed by atoms with Gasteiger partial charge in [0, 0.05) is 0 Å². The molecule has 86 valence electrons. The van der Waals surface area contributed by atoms with E-state index in [2.05, 4.69) is 10.1 Å². The summed E-state index contributed by atoms with van der Waals surface area (Å²) >= 11 is 0. The number of carbonyl (C=O) groups is 2. The van der Waals surface area contributed by atoms with Crippen molar-refractivity contribution in [3.8, 4) is 0 Å². The van der Waals surface area contributed by atoms with Crippen LogP contribution in [0.25, 0.3) is 0 Å². The lowest BCUT2D eigenvalue weighted by Crippen LogP contribution is -2.40. The maximum atomic E-state index is 11.2. The van der Waals surface area contributed by atoms with Crippen LogP contribution in [0.15, 0.2) is 0 Å². The number of hydrogen-bond donors (Lipinski definition) is 1. The highest BCUT2D eigenvalue weighted by atomic mass is 31.1. The van der Waals surface area contributed by atoms with E-state index in [4.69, 9.17) is 4.74 Å². The predicted molar refractivity (Wildman–Crippen MR) is 52.8 cm³/mol. The number of carbonyl (C=O) groups excluding carboxylic acids is 2. The molecule has 1 unspecified atom stereocenters. The first kappa shape index (κ1) is 13.8. The molecule has 0 aliphatic carbocycles. The minimum atomic E-state index is -1.23. The summed E-state index contributed by atoms with van der Waals surface area (Å²) in [6.07, 6.45) is -0.818. The topological polar surface area (TPSA) is 81.7 Å². The molecule has 0 fully saturated rings. The fourth-order valence-corrected chi connectivity index (χ4v) is 1.01. The largest absolute Gasteiger partial charge is 0.467 e. The Morgan fingerprint density at radius 2 is 1.87 bits per heavy atom. The first-order valence-electron chi connectivity index (χ1n) is 4.20. The van der Waals surface area contributed by atoms with Gasteiger partial charge in [-0.15, -0.1) is 0 Å². The number of nitrogens with one attached hydrogen (secondary N) is 1. The zero-order valence-corrected chi connectivity index (χ0v) is 9.96. The minimum Gasteiger partial charge on any atom is -0.467 e. The van der Waals surface area contributed by atoms with Gasteiger partial charge in [0.25, 0.3) is 0 Å². The first-order valence-corrected chi connectivity index (χ1v) is 5.08. The van der Waals surface area contributed by atoms with E-state index in [-0.39, 0.29) is 0 Å². The molecule has 1 atom stereocenters. The van der Waals surface area contributed by atoms with Crippen LogP contribution in [0.3, 0.4) is 0 Å². The highest BCUT2D eigenvalue weighted by Gasteiger charge is 2.25. The second-order valence-electron chi connectivity index (χ2n) is 3.68. The number of esters is 1. The molecule has 0 aromatic carbocycles. The fourth-order valence-electron chi connectivity index (χ4n) is 0.659. The molecular weight excluding hydrogens is 221 g/mol. The molecule has 1 amide bonds. The third kappa shape index (κ3) is 6.01. The second-order valence-corrected chi connectivity index (χ2v) is 4.40. The lowest BCUT2D eigenvalue weighted by Gasteiger charge is -2.20. The summed E-state index contributed by atoms with van der Waals surface area (Å²) in [5, 5.41) is 2.11. The molecule has 0 aromatic rings. The van der Waals surface area contributed by atoms with Gasteiger partial charge in [0.2, 0.25) is 5.78 Å². The van der Waals surface area contributed by atoms with Gasteiger partial charge in [-0.3, -0.25) is 9.88 Å². The van der Waals surface area contributed by atoms with Crippen LogP contribution in [0.4, 0.5) is 4.79 Å². The molecule has 0 saturated heterocycles. The van der Waals surface area contributed by atoms with E-state index in [0.717, 1.165) is 7.11 Å². The summed E-state index contributed by atoms with van der Waals surface area (Å²) in [5.74, 6) is -2.03. The Morgan fingerprint density at radius 3 is 2.20 bits per heavy atom. The lowest BCUT2D eigenvalue weighted by molar-refractivity contribution is -0.140. The van der Waals surface area contributed by atoms with E-state index < -0.39 is 31.9 Å². The molecule has 0 saturated carbocycles. The normalized spacial score (nSPS) is 13.1. The monoisotopic (exact) mass is 235 g/mol. The third-order valence-corrected chi connectivity index (χ3v) is 1.73. The van der Waals surface area contributed by atoms with Crippen molar-refractivity contribution in [1.29, 1.82) is 0 Å². The Labute approximate surface area is 89.5 Å². The summed E-state index contributed by atoms with van der Waals surface area (Å²) in [4.78, 5) is 22.1. The summed E-state index contributed by atoms with van der Waals surface area (Å²) < 4.78 is 19.7. The Hall–Kier alpha value is -1.16. The number of hydrogen-bond acceptors (Lipinski definition) is 5. The molecule has 6 nitrogen and oxygen atoms in total. The van der Waals surface area contributed by atoms with Crippen molar-refractivity contribution < 1.29 is 23.6 Å². The quantitative estimate of drug-likeness (QED) is 0.589. The summed E-state index contributed by atoms with van der Waals surface area (Å²) in [6.45, 7) is 5.03. The smallest absolute Gasteiger partial charge is 0.408 e. The van der Waals surface area contributed by atoms with Gasteiger partial charge < -0.3 is 9.47 Å². The molecule has 0 rings (SSSR count). The molecule has 0 aliphatic heterocycles. The highest BCUT2D eigenvalue weighted by molar-refractivity contribution is 7.26. The number of alkyl carbamates (subject to hydrolysis) is 1. The van der Waals surface area contributed by atoms with E-state index in [0.29, 0.717) is 0 Å². The Kier molecular flexibility index (Phi) is 5.22. The number of rotatable bonds is 3. The molecular formula is C8H14NO5P. The predicted octanol–water partition coefficient (Wildman–Crippen LogP) is 1.30. The Bertz CT molecular complexity index is 260. The van der Waals surface area contributed by atoms with Gasteiger partial charge in [-0.05, 0) is 20.8 Å². The minimum absolute atomic E-state index is 0.550. The van der Waals surface area contributed by atoms with Crippen LogP contribution in [0.5, 0.6) is 0 Å². The maximum Gasteiger partial charge on any atom is 0.408 e. The number of methoxy groups -OCH3 is 1. The standard InChI is InChI=1S/C8H14NO5P/c1-8(2,3)14-7(11)9-5(15-12)6(10)13-4/h5H,1-4H3,(H,9,11). The van der Waals surface area contributed by atoms with Crippen molar-refractivity contribution in [1.82, 2.24) is 5.32 Å². The zero-order valence-electron chi connectivity index (χ0n) is 9.07. The van der Waals surface area contributed by atoms with Crippen LogP contribution in [-0.2, 0) is 18.8 Å². The van der Waals surface area contributed by atoms with E-state index in [1.54, 1.807) is 20.8 Å². The van der Waals surface area contributed by atoms with Crippen LogP contribution in [-0.4, -0.2) is 30.6 Å². The molecule has 0 radical (unpaired) electrons. The van der Waals surface area contributed by atoms with E-state index >= 15 is 0 Å². The van der Waals surface area contributed by atoms with Gasteiger partial charge in [0.1, 0.15) is 5.60 Å². The summed E-state index contributed by atoms with van der Waals surface area (Å²) in [5.41, 5.74) is -0.676. The second kappa shape index (κ2) is 5.66. The van der Waals surface area contributed by atoms with Crippen molar-refractivity contribution >= 4 is 20.5 Å². The fraction of sp³-hybridized carbons (Fsp3) is 0.750. The van der Waals surface area contributed by atoms with Crippen LogP contribution < -0.4 is 5.32 Å². The average Bonchev–Trinajstić information content (AvgIpc) is 2.10. The molecule has 0 aliphatic rings. The van der Waals surface area contributed by atoms with Crippen molar-refractivity contribution in [2.24, 2.45) is 0 Å². The van der Waals surface area contributed by atoms with E-state index in [1.165, 1.54) is 0 Å². The van der Waals surface area contributed by atoms with Crippen LogP contribution in [0.2, 0.25) is 0 Å². The SMILES string of the molecule is COC(=O)C(NC(=O)OC(C)(C)C)P=O. The molecule has 7 heteroatoms. The molecule has 0 aromatic heterocycles.